The SMILES string of the molecule is O=C(N[C@H]1CC[C@H](CCN2CCC(C(=O)c3ccc(F)cc3)CC2)CC1)c1cnc2[nH]cnc2c1. The van der Waals surface area contributed by atoms with Crippen LogP contribution in [0, 0.1) is 17.7 Å². The molecular formula is C27H32FN5O2. The van der Waals surface area contributed by atoms with Crippen LogP contribution in [0.5, 0.6) is 0 Å². The van der Waals surface area contributed by atoms with E-state index in [0.29, 0.717) is 28.2 Å². The molecule has 3 aromatic rings. The summed E-state index contributed by atoms with van der Waals surface area (Å²) in [7, 11) is 0. The van der Waals surface area contributed by atoms with Crippen LogP contribution in [-0.2, 0) is 0 Å². The Morgan fingerprint density at radius 1 is 1.00 bits per heavy atom. The number of Topliss-reactive ketones (excluding diaryl/α,β-unsaturated/α-hetero) is 1. The number of nitrogens with zero attached hydrogens (tertiary/aromatic N) is 3. The molecule has 8 heteroatoms. The Bertz CT molecular complexity index is 1160. The van der Waals surface area contributed by atoms with Crippen molar-refractivity contribution in [2.24, 2.45) is 11.8 Å². The third-order valence-corrected chi connectivity index (χ3v) is 7.66. The number of hydrogen-bond acceptors (Lipinski definition) is 5. The quantitative estimate of drug-likeness (QED) is 0.493. The smallest absolute Gasteiger partial charge is 0.253 e. The lowest BCUT2D eigenvalue weighted by atomic mass is 9.83. The number of ketones is 1. The molecule has 2 N–H and O–H groups in total. The molecule has 35 heavy (non-hydrogen) atoms. The number of aromatic amines is 1. The Morgan fingerprint density at radius 3 is 2.49 bits per heavy atom. The molecule has 5 rings (SSSR count). The van der Waals surface area contributed by atoms with Crippen molar-refractivity contribution in [1.82, 2.24) is 25.2 Å². The zero-order valence-corrected chi connectivity index (χ0v) is 19.9. The maximum atomic E-state index is 13.1. The second-order valence-electron chi connectivity index (χ2n) is 9.96. The van der Waals surface area contributed by atoms with Gasteiger partial charge in [0.15, 0.2) is 11.4 Å². The van der Waals surface area contributed by atoms with Gasteiger partial charge < -0.3 is 15.2 Å². The number of nitrogens with one attached hydrogen (secondary N) is 2. The number of H-pyrrole nitrogens is 1. The Kier molecular flexibility index (Phi) is 7.18. The standard InChI is InChI=1S/C27H32FN5O2/c28-22-5-3-19(4-6-22)25(34)20-10-13-33(14-11-20)12-9-18-1-7-23(8-2-18)32-27(35)21-15-24-26(29-16-21)31-17-30-24/h3-6,15-18,20,23H,1-2,7-14H2,(H,32,35)(H,29,30,31)/t18-,23-. The number of halogens is 1. The van der Waals surface area contributed by atoms with Crippen LogP contribution in [0.15, 0.2) is 42.9 Å². The van der Waals surface area contributed by atoms with Crippen LogP contribution in [-0.4, -0.2) is 57.2 Å². The Hall–Kier alpha value is -3.13. The molecule has 1 aliphatic carbocycles. The average molecular weight is 478 g/mol. The molecule has 1 aromatic carbocycles. The van der Waals surface area contributed by atoms with Gasteiger partial charge in [0.05, 0.1) is 11.9 Å². The van der Waals surface area contributed by atoms with E-state index < -0.39 is 0 Å². The predicted octanol–water partition coefficient (Wildman–Crippen LogP) is 4.37. The number of imidazole rings is 1. The Balaban J connectivity index is 1.01. The van der Waals surface area contributed by atoms with E-state index in [0.717, 1.165) is 64.6 Å². The number of benzene rings is 1. The zero-order chi connectivity index (χ0) is 24.2. The minimum absolute atomic E-state index is 0.0414. The van der Waals surface area contributed by atoms with Crippen LogP contribution in [0.4, 0.5) is 4.39 Å². The zero-order valence-electron chi connectivity index (χ0n) is 19.9. The number of pyridine rings is 1. The van der Waals surface area contributed by atoms with Gasteiger partial charge in [0.2, 0.25) is 0 Å². The molecule has 0 atom stereocenters. The van der Waals surface area contributed by atoms with E-state index in [4.69, 9.17) is 0 Å². The van der Waals surface area contributed by atoms with E-state index in [1.807, 2.05) is 0 Å². The van der Waals surface area contributed by atoms with Crippen molar-refractivity contribution in [3.63, 3.8) is 0 Å². The summed E-state index contributed by atoms with van der Waals surface area (Å²) in [6.45, 7) is 2.95. The van der Waals surface area contributed by atoms with Crippen LogP contribution in [0.25, 0.3) is 11.2 Å². The number of hydrogen-bond donors (Lipinski definition) is 2. The summed E-state index contributed by atoms with van der Waals surface area (Å²) in [5, 5.41) is 3.17. The Labute approximate surface area is 204 Å². The lowest BCUT2D eigenvalue weighted by molar-refractivity contribution is 0.0832. The summed E-state index contributed by atoms with van der Waals surface area (Å²) in [6.07, 6.45) is 10.3. The number of aromatic nitrogens is 3. The minimum atomic E-state index is -0.308. The molecule has 2 aliphatic rings. The summed E-state index contributed by atoms with van der Waals surface area (Å²) < 4.78 is 13.1. The van der Waals surface area contributed by atoms with Gasteiger partial charge in [-0.1, -0.05) is 0 Å². The maximum Gasteiger partial charge on any atom is 0.253 e. The van der Waals surface area contributed by atoms with Crippen LogP contribution < -0.4 is 5.32 Å². The van der Waals surface area contributed by atoms with E-state index in [1.165, 1.54) is 12.1 Å². The number of carbonyl (C=O) groups excluding carboxylic acids is 2. The topological polar surface area (TPSA) is 91.0 Å². The van der Waals surface area contributed by atoms with E-state index >= 15 is 0 Å². The third-order valence-electron chi connectivity index (χ3n) is 7.66. The van der Waals surface area contributed by atoms with E-state index in [2.05, 4.69) is 25.2 Å². The van der Waals surface area contributed by atoms with Gasteiger partial charge in [0.1, 0.15) is 11.3 Å². The van der Waals surface area contributed by atoms with E-state index in [-0.39, 0.29) is 29.5 Å². The molecule has 0 radical (unpaired) electrons. The van der Waals surface area contributed by atoms with Gasteiger partial charge in [-0.25, -0.2) is 14.4 Å². The summed E-state index contributed by atoms with van der Waals surface area (Å²) in [6, 6.07) is 7.89. The molecule has 3 heterocycles. The maximum absolute atomic E-state index is 13.1. The molecule has 0 bridgehead atoms. The number of carbonyl (C=O) groups is 2. The number of piperidine rings is 1. The van der Waals surface area contributed by atoms with Crippen molar-refractivity contribution >= 4 is 22.9 Å². The predicted molar refractivity (Wildman–Crippen MR) is 132 cm³/mol. The fourth-order valence-corrected chi connectivity index (χ4v) is 5.45. The number of fused-ring (bicyclic) bond motifs is 1. The fourth-order valence-electron chi connectivity index (χ4n) is 5.45. The Morgan fingerprint density at radius 2 is 1.74 bits per heavy atom. The molecule has 1 saturated heterocycles. The van der Waals surface area contributed by atoms with Gasteiger partial charge >= 0.3 is 0 Å². The van der Waals surface area contributed by atoms with Crippen molar-refractivity contribution in [3.8, 4) is 0 Å². The van der Waals surface area contributed by atoms with Crippen LogP contribution in [0.2, 0.25) is 0 Å². The second-order valence-corrected chi connectivity index (χ2v) is 9.96. The molecule has 184 valence electrons. The molecule has 2 fully saturated rings. The molecule has 1 saturated carbocycles. The van der Waals surface area contributed by atoms with Gasteiger partial charge in [-0.3, -0.25) is 9.59 Å². The highest BCUT2D eigenvalue weighted by Gasteiger charge is 2.27. The third kappa shape index (κ3) is 5.75. The largest absolute Gasteiger partial charge is 0.349 e. The van der Waals surface area contributed by atoms with Crippen molar-refractivity contribution in [1.29, 1.82) is 0 Å². The van der Waals surface area contributed by atoms with Gasteiger partial charge in [0.25, 0.3) is 5.91 Å². The first kappa shape index (κ1) is 23.6. The highest BCUT2D eigenvalue weighted by molar-refractivity contribution is 5.98. The highest BCUT2D eigenvalue weighted by atomic mass is 19.1. The fraction of sp³-hybridized carbons (Fsp3) is 0.481. The van der Waals surface area contributed by atoms with Crippen LogP contribution in [0.3, 0.4) is 0 Å². The molecule has 7 nitrogen and oxygen atoms in total. The second kappa shape index (κ2) is 10.6. The number of likely N-dealkylation sites (tertiary alicyclic amines) is 1. The first-order valence-electron chi connectivity index (χ1n) is 12.7. The normalized spacial score (nSPS) is 21.7. The number of rotatable bonds is 7. The monoisotopic (exact) mass is 477 g/mol. The summed E-state index contributed by atoms with van der Waals surface area (Å²) in [5.41, 5.74) is 2.55. The molecule has 1 amide bonds. The first-order chi connectivity index (χ1) is 17.0. The first-order valence-corrected chi connectivity index (χ1v) is 12.7. The average Bonchev–Trinajstić information content (AvgIpc) is 3.37. The summed E-state index contributed by atoms with van der Waals surface area (Å²) in [5.74, 6) is 0.481. The molecule has 0 spiro atoms. The molecule has 2 aromatic heterocycles. The lowest BCUT2D eigenvalue weighted by Gasteiger charge is -2.34. The summed E-state index contributed by atoms with van der Waals surface area (Å²) in [4.78, 5) is 39.2. The summed E-state index contributed by atoms with van der Waals surface area (Å²) >= 11 is 0. The molecular weight excluding hydrogens is 445 g/mol. The van der Waals surface area contributed by atoms with Crippen molar-refractivity contribution in [2.45, 2.75) is 51.0 Å². The van der Waals surface area contributed by atoms with E-state index in [9.17, 15) is 14.0 Å². The van der Waals surface area contributed by atoms with Crippen molar-refractivity contribution in [3.05, 3.63) is 59.8 Å². The van der Waals surface area contributed by atoms with Gasteiger partial charge in [-0.15, -0.1) is 0 Å². The van der Waals surface area contributed by atoms with Gasteiger partial charge in [-0.05, 0) is 101 Å². The van der Waals surface area contributed by atoms with Crippen LogP contribution >= 0.6 is 0 Å². The lowest BCUT2D eigenvalue weighted by Crippen LogP contribution is -2.39. The van der Waals surface area contributed by atoms with Crippen molar-refractivity contribution in [2.75, 3.05) is 19.6 Å². The van der Waals surface area contributed by atoms with Gasteiger partial charge in [-0.2, -0.15) is 0 Å². The molecule has 1 aliphatic heterocycles. The minimum Gasteiger partial charge on any atom is -0.349 e. The highest BCUT2D eigenvalue weighted by Crippen LogP contribution is 2.29. The van der Waals surface area contributed by atoms with Gasteiger partial charge in [0, 0.05) is 23.7 Å². The van der Waals surface area contributed by atoms with Crippen molar-refractivity contribution < 1.29 is 14.0 Å². The van der Waals surface area contributed by atoms with E-state index in [1.54, 1.807) is 30.7 Å². The number of amides is 1. The molecule has 0 unspecified atom stereocenters. The van der Waals surface area contributed by atoms with Crippen LogP contribution in [0.1, 0.15) is 65.7 Å².